The van der Waals surface area contributed by atoms with Gasteiger partial charge in [-0.3, -0.25) is 4.90 Å². The zero-order valence-corrected chi connectivity index (χ0v) is 16.7. The summed E-state index contributed by atoms with van der Waals surface area (Å²) in [5.74, 6) is 1.80. The van der Waals surface area contributed by atoms with Crippen LogP contribution in [0.15, 0.2) is 47.4 Å². The molecule has 150 valence electrons. The van der Waals surface area contributed by atoms with Crippen molar-refractivity contribution in [2.45, 2.75) is 11.4 Å². The molecule has 0 radical (unpaired) electrons. The van der Waals surface area contributed by atoms with Crippen LogP contribution < -0.4 is 15.0 Å². The van der Waals surface area contributed by atoms with Crippen molar-refractivity contribution in [1.82, 2.24) is 15.2 Å². The maximum absolute atomic E-state index is 12.5. The van der Waals surface area contributed by atoms with E-state index in [0.29, 0.717) is 18.0 Å². The van der Waals surface area contributed by atoms with Crippen LogP contribution in [0.5, 0.6) is 5.88 Å². The molecule has 1 aromatic heterocycles. The van der Waals surface area contributed by atoms with Crippen LogP contribution >= 0.6 is 0 Å². The average Bonchev–Trinajstić information content (AvgIpc) is 2.98. The van der Waals surface area contributed by atoms with Gasteiger partial charge in [0.25, 0.3) is 0 Å². The lowest BCUT2D eigenvalue weighted by Gasteiger charge is -2.35. The Hall–Kier alpha value is -2.16. The largest absolute Gasteiger partial charge is 0.476 e. The van der Waals surface area contributed by atoms with E-state index >= 15 is 0 Å². The summed E-state index contributed by atoms with van der Waals surface area (Å²) in [6.07, 6.45) is 0. The van der Waals surface area contributed by atoms with Crippen molar-refractivity contribution >= 4 is 15.7 Å². The molecule has 4 rings (SSSR count). The maximum atomic E-state index is 12.5. The highest BCUT2D eigenvalue weighted by Crippen LogP contribution is 2.23. The Morgan fingerprint density at radius 1 is 1.04 bits per heavy atom. The van der Waals surface area contributed by atoms with Crippen molar-refractivity contribution in [2.75, 3.05) is 56.5 Å². The number of nitrogens with one attached hydrogen (secondary N) is 1. The first kappa shape index (κ1) is 19.2. The summed E-state index contributed by atoms with van der Waals surface area (Å²) >= 11 is 0. The first-order chi connectivity index (χ1) is 13.6. The van der Waals surface area contributed by atoms with Crippen molar-refractivity contribution < 1.29 is 13.2 Å². The molecule has 0 saturated carbocycles. The molecule has 2 aliphatic rings. The van der Waals surface area contributed by atoms with Crippen LogP contribution in [0.3, 0.4) is 0 Å². The number of ether oxygens (including phenoxy) is 1. The number of pyridine rings is 1. The number of nitrogens with zero attached hydrogens (tertiary/aromatic N) is 3. The minimum absolute atomic E-state index is 0.148. The summed E-state index contributed by atoms with van der Waals surface area (Å²) in [4.78, 5) is 9.55. The zero-order chi connectivity index (χ0) is 19.4. The van der Waals surface area contributed by atoms with Crippen molar-refractivity contribution in [3.05, 3.63) is 48.0 Å². The highest BCUT2D eigenvalue weighted by molar-refractivity contribution is 7.91. The molecule has 0 unspecified atom stereocenters. The molecule has 8 heteroatoms. The molecule has 0 spiro atoms. The number of hydrogen-bond acceptors (Lipinski definition) is 7. The number of hydrogen-bond donors (Lipinski definition) is 1. The predicted molar refractivity (Wildman–Crippen MR) is 109 cm³/mol. The molecule has 0 atom stereocenters. The predicted octanol–water partition coefficient (Wildman–Crippen LogP) is 1.16. The van der Waals surface area contributed by atoms with Crippen LogP contribution in [0, 0.1) is 0 Å². The molecular weight excluding hydrogens is 376 g/mol. The highest BCUT2D eigenvalue weighted by Gasteiger charge is 2.22. The second-order valence-electron chi connectivity index (χ2n) is 7.12. The third-order valence-electron chi connectivity index (χ3n) is 5.23. The van der Waals surface area contributed by atoms with E-state index in [9.17, 15) is 8.42 Å². The van der Waals surface area contributed by atoms with Gasteiger partial charge in [0.05, 0.1) is 10.6 Å². The SMILES string of the molecule is O=S(=O)(CCN1CCN(c2ccc3c(n2)OCCNC3)CC1)c1ccccc1. The summed E-state index contributed by atoms with van der Waals surface area (Å²) in [6.45, 7) is 6.11. The number of rotatable bonds is 5. The standard InChI is InChI=1S/C20H26N4O3S/c25-28(26,18-4-2-1-3-5-18)15-13-23-9-11-24(12-10-23)19-7-6-17-16-21-8-14-27-20(17)22-19/h1-7,21H,8-16H2. The third-order valence-corrected chi connectivity index (χ3v) is 6.94. The maximum Gasteiger partial charge on any atom is 0.219 e. The summed E-state index contributed by atoms with van der Waals surface area (Å²) in [7, 11) is -3.23. The molecule has 1 N–H and O–H groups in total. The average molecular weight is 403 g/mol. The zero-order valence-electron chi connectivity index (χ0n) is 15.9. The smallest absolute Gasteiger partial charge is 0.219 e. The number of sulfone groups is 1. The topological polar surface area (TPSA) is 74.8 Å². The molecule has 1 fully saturated rings. The number of aromatic nitrogens is 1. The Morgan fingerprint density at radius 2 is 1.82 bits per heavy atom. The number of fused-ring (bicyclic) bond motifs is 1. The third kappa shape index (κ3) is 4.45. The van der Waals surface area contributed by atoms with Gasteiger partial charge in [-0.1, -0.05) is 18.2 Å². The Morgan fingerprint density at radius 3 is 2.61 bits per heavy atom. The highest BCUT2D eigenvalue weighted by atomic mass is 32.2. The van der Waals surface area contributed by atoms with Crippen LogP contribution in [-0.2, 0) is 16.4 Å². The van der Waals surface area contributed by atoms with Crippen molar-refractivity contribution in [2.24, 2.45) is 0 Å². The van der Waals surface area contributed by atoms with E-state index in [0.717, 1.165) is 56.5 Å². The number of piperazine rings is 1. The minimum atomic E-state index is -3.23. The molecule has 1 aromatic carbocycles. The Kier molecular flexibility index (Phi) is 5.79. The molecule has 1 saturated heterocycles. The first-order valence-electron chi connectivity index (χ1n) is 9.70. The Bertz CT molecular complexity index is 897. The van der Waals surface area contributed by atoms with E-state index in [-0.39, 0.29) is 5.75 Å². The van der Waals surface area contributed by atoms with Crippen LogP contribution in [0.1, 0.15) is 5.56 Å². The van der Waals surface area contributed by atoms with E-state index in [4.69, 9.17) is 9.72 Å². The van der Waals surface area contributed by atoms with Crippen LogP contribution in [0.25, 0.3) is 0 Å². The van der Waals surface area contributed by atoms with Gasteiger partial charge >= 0.3 is 0 Å². The second-order valence-corrected chi connectivity index (χ2v) is 9.23. The van der Waals surface area contributed by atoms with Crippen LogP contribution in [0.4, 0.5) is 5.82 Å². The van der Waals surface area contributed by atoms with Gasteiger partial charge in [-0.05, 0) is 24.3 Å². The van der Waals surface area contributed by atoms with E-state index < -0.39 is 9.84 Å². The summed E-state index contributed by atoms with van der Waals surface area (Å²) in [5.41, 5.74) is 1.09. The van der Waals surface area contributed by atoms with Gasteiger partial charge in [-0.25, -0.2) is 8.42 Å². The fourth-order valence-corrected chi connectivity index (χ4v) is 4.84. The van der Waals surface area contributed by atoms with Gasteiger partial charge < -0.3 is 15.0 Å². The van der Waals surface area contributed by atoms with E-state index in [2.05, 4.69) is 21.2 Å². The minimum Gasteiger partial charge on any atom is -0.476 e. The van der Waals surface area contributed by atoms with Gasteiger partial charge in [0.15, 0.2) is 9.84 Å². The van der Waals surface area contributed by atoms with E-state index in [1.54, 1.807) is 24.3 Å². The first-order valence-corrected chi connectivity index (χ1v) is 11.4. The van der Waals surface area contributed by atoms with Gasteiger partial charge in [-0.15, -0.1) is 0 Å². The van der Waals surface area contributed by atoms with Gasteiger partial charge in [0.1, 0.15) is 12.4 Å². The fourth-order valence-electron chi connectivity index (χ4n) is 3.53. The molecule has 3 heterocycles. The van der Waals surface area contributed by atoms with Gasteiger partial charge in [-0.2, -0.15) is 4.98 Å². The quantitative estimate of drug-likeness (QED) is 0.804. The van der Waals surface area contributed by atoms with Crippen LogP contribution in [-0.4, -0.2) is 69.9 Å². The van der Waals surface area contributed by atoms with Crippen molar-refractivity contribution in [3.63, 3.8) is 0 Å². The van der Waals surface area contributed by atoms with Crippen molar-refractivity contribution in [1.29, 1.82) is 0 Å². The van der Waals surface area contributed by atoms with Crippen molar-refractivity contribution in [3.8, 4) is 5.88 Å². The molecule has 7 nitrogen and oxygen atoms in total. The second kappa shape index (κ2) is 8.46. The molecule has 2 aliphatic heterocycles. The number of anilines is 1. The molecule has 0 bridgehead atoms. The Labute approximate surface area is 166 Å². The normalized spacial score (nSPS) is 18.2. The fraction of sp³-hybridized carbons (Fsp3) is 0.450. The summed E-state index contributed by atoms with van der Waals surface area (Å²) < 4.78 is 30.7. The summed E-state index contributed by atoms with van der Waals surface area (Å²) in [6, 6.07) is 12.8. The number of benzene rings is 1. The lowest BCUT2D eigenvalue weighted by Crippen LogP contribution is -2.47. The molecule has 2 aromatic rings. The molecule has 0 aliphatic carbocycles. The van der Waals surface area contributed by atoms with E-state index in [1.807, 2.05) is 12.1 Å². The Balaban J connectivity index is 1.32. The molecular formula is C20H26N4O3S. The van der Waals surface area contributed by atoms with Gasteiger partial charge in [0, 0.05) is 51.4 Å². The van der Waals surface area contributed by atoms with Gasteiger partial charge in [0.2, 0.25) is 5.88 Å². The molecule has 28 heavy (non-hydrogen) atoms. The van der Waals surface area contributed by atoms with Crippen LogP contribution in [0.2, 0.25) is 0 Å². The summed E-state index contributed by atoms with van der Waals surface area (Å²) in [5, 5.41) is 3.31. The van der Waals surface area contributed by atoms with E-state index in [1.165, 1.54) is 0 Å². The lowest BCUT2D eigenvalue weighted by molar-refractivity contribution is 0.270. The monoisotopic (exact) mass is 402 g/mol. The lowest BCUT2D eigenvalue weighted by atomic mass is 10.2. The molecule has 0 amide bonds.